The van der Waals surface area contributed by atoms with Crippen molar-refractivity contribution in [2.24, 2.45) is 5.41 Å². The van der Waals surface area contributed by atoms with Crippen molar-refractivity contribution < 1.29 is 14.7 Å². The fourth-order valence-electron chi connectivity index (χ4n) is 2.03. The van der Waals surface area contributed by atoms with E-state index in [0.717, 1.165) is 0 Å². The smallest absolute Gasteiger partial charge is 0.326 e. The van der Waals surface area contributed by atoms with Gasteiger partial charge in [-0.25, -0.2) is 9.59 Å². The molecule has 1 unspecified atom stereocenters. The second-order valence-electron chi connectivity index (χ2n) is 6.21. The van der Waals surface area contributed by atoms with Crippen molar-refractivity contribution in [2.75, 3.05) is 6.54 Å². The van der Waals surface area contributed by atoms with Gasteiger partial charge in [0, 0.05) is 6.54 Å². The zero-order valence-electron chi connectivity index (χ0n) is 13.1. The first-order valence-electron chi connectivity index (χ1n) is 7.03. The van der Waals surface area contributed by atoms with E-state index < -0.39 is 23.5 Å². The molecule has 3 N–H and O–H groups in total. The van der Waals surface area contributed by atoms with Gasteiger partial charge in [-0.15, -0.1) is 0 Å². The number of nitrogens with one attached hydrogen (secondary N) is 2. The average molecular weight is 292 g/mol. The molecule has 0 heterocycles. The lowest BCUT2D eigenvalue weighted by Crippen LogP contribution is -2.52. The van der Waals surface area contributed by atoms with Gasteiger partial charge in [0.15, 0.2) is 0 Å². The number of hydrogen-bond donors (Lipinski definition) is 3. The molecule has 1 rings (SSSR count). The highest BCUT2D eigenvalue weighted by Crippen LogP contribution is 2.19. The van der Waals surface area contributed by atoms with Crippen molar-refractivity contribution in [3.8, 4) is 0 Å². The van der Waals surface area contributed by atoms with E-state index in [2.05, 4.69) is 10.6 Å². The number of aryl methyl sites for hydroxylation is 1. The van der Waals surface area contributed by atoms with Crippen molar-refractivity contribution in [1.82, 2.24) is 10.6 Å². The highest BCUT2D eigenvalue weighted by atomic mass is 16.4. The zero-order valence-corrected chi connectivity index (χ0v) is 13.1. The van der Waals surface area contributed by atoms with Gasteiger partial charge in [0.05, 0.1) is 0 Å². The van der Waals surface area contributed by atoms with E-state index in [-0.39, 0.29) is 0 Å². The molecule has 0 fully saturated rings. The first kappa shape index (κ1) is 17.0. The molecule has 5 heteroatoms. The molecule has 1 atom stereocenters. The van der Waals surface area contributed by atoms with Gasteiger partial charge in [-0.05, 0) is 29.9 Å². The van der Waals surface area contributed by atoms with Gasteiger partial charge in [0.1, 0.15) is 6.04 Å². The van der Waals surface area contributed by atoms with Crippen LogP contribution in [0.2, 0.25) is 0 Å². The molecule has 0 aliphatic carbocycles. The van der Waals surface area contributed by atoms with E-state index in [0.29, 0.717) is 13.0 Å². The van der Waals surface area contributed by atoms with Crippen molar-refractivity contribution in [3.63, 3.8) is 0 Å². The van der Waals surface area contributed by atoms with Gasteiger partial charge in [0.2, 0.25) is 0 Å². The van der Waals surface area contributed by atoms with Crippen LogP contribution >= 0.6 is 0 Å². The fraction of sp³-hybridized carbons (Fsp3) is 0.500. The third-order valence-electron chi connectivity index (χ3n) is 3.33. The average Bonchev–Trinajstić information content (AvgIpc) is 2.36. The molecule has 0 radical (unpaired) electrons. The minimum atomic E-state index is -1.03. The summed E-state index contributed by atoms with van der Waals surface area (Å²) in [5.74, 6) is -1.03. The summed E-state index contributed by atoms with van der Waals surface area (Å²) >= 11 is 0. The molecule has 0 saturated heterocycles. The molecule has 2 amide bonds. The molecule has 5 nitrogen and oxygen atoms in total. The Hall–Kier alpha value is -2.04. The fourth-order valence-corrected chi connectivity index (χ4v) is 2.03. The number of carbonyl (C=O) groups is 2. The third-order valence-corrected chi connectivity index (χ3v) is 3.33. The lowest BCUT2D eigenvalue weighted by Gasteiger charge is -2.27. The Kier molecular flexibility index (Phi) is 5.76. The minimum absolute atomic E-state index is 0.453. The maximum Gasteiger partial charge on any atom is 0.326 e. The van der Waals surface area contributed by atoms with Crippen LogP contribution in [0, 0.1) is 12.3 Å². The van der Waals surface area contributed by atoms with Crippen LogP contribution in [0.3, 0.4) is 0 Å². The van der Waals surface area contributed by atoms with E-state index >= 15 is 0 Å². The summed E-state index contributed by atoms with van der Waals surface area (Å²) in [5.41, 5.74) is 1.81. The molecular weight excluding hydrogens is 268 g/mol. The molecule has 0 bridgehead atoms. The standard InChI is InChI=1S/C16H24N2O3/c1-11-7-5-6-8-12(11)9-10-17-15(21)18-13(14(19)20)16(2,3)4/h5-8,13H,9-10H2,1-4H3,(H,19,20)(H2,17,18,21). The molecule has 0 spiro atoms. The second kappa shape index (κ2) is 7.11. The number of aliphatic carboxylic acids is 1. The summed E-state index contributed by atoms with van der Waals surface area (Å²) in [6.45, 7) is 7.82. The number of hydrogen-bond acceptors (Lipinski definition) is 2. The van der Waals surface area contributed by atoms with Crippen LogP contribution in [0.5, 0.6) is 0 Å². The normalized spacial score (nSPS) is 12.6. The van der Waals surface area contributed by atoms with Crippen molar-refractivity contribution in [2.45, 2.75) is 40.2 Å². The monoisotopic (exact) mass is 292 g/mol. The first-order valence-corrected chi connectivity index (χ1v) is 7.03. The summed E-state index contributed by atoms with van der Waals surface area (Å²) < 4.78 is 0. The molecule has 21 heavy (non-hydrogen) atoms. The van der Waals surface area contributed by atoms with Gasteiger partial charge in [-0.1, -0.05) is 45.0 Å². The third kappa shape index (κ3) is 5.45. The van der Waals surface area contributed by atoms with Crippen LogP contribution in [-0.4, -0.2) is 29.7 Å². The predicted octanol–water partition coefficient (Wildman–Crippen LogP) is 2.34. The Balaban J connectivity index is 2.47. The molecule has 1 aromatic carbocycles. The van der Waals surface area contributed by atoms with Crippen LogP contribution in [0.15, 0.2) is 24.3 Å². The quantitative estimate of drug-likeness (QED) is 0.779. The number of amides is 2. The van der Waals surface area contributed by atoms with Gasteiger partial charge < -0.3 is 15.7 Å². The highest BCUT2D eigenvalue weighted by Gasteiger charge is 2.32. The van der Waals surface area contributed by atoms with Crippen molar-refractivity contribution in [3.05, 3.63) is 35.4 Å². The van der Waals surface area contributed by atoms with Crippen molar-refractivity contribution in [1.29, 1.82) is 0 Å². The Bertz CT molecular complexity index is 506. The molecule has 1 aromatic rings. The van der Waals surface area contributed by atoms with Gasteiger partial charge >= 0.3 is 12.0 Å². The number of urea groups is 1. The molecule has 0 saturated carbocycles. The number of carbonyl (C=O) groups excluding carboxylic acids is 1. The molecular formula is C16H24N2O3. The second-order valence-corrected chi connectivity index (χ2v) is 6.21. The van der Waals surface area contributed by atoms with Crippen LogP contribution in [0.4, 0.5) is 4.79 Å². The number of carboxylic acid groups (broad SMARTS) is 1. The Labute approximate surface area is 125 Å². The SMILES string of the molecule is Cc1ccccc1CCNC(=O)NC(C(=O)O)C(C)(C)C. The number of carboxylic acids is 1. The van der Waals surface area contributed by atoms with Crippen LogP contribution in [0.1, 0.15) is 31.9 Å². The van der Waals surface area contributed by atoms with E-state index in [4.69, 9.17) is 5.11 Å². The molecule has 0 aliphatic rings. The summed E-state index contributed by atoms with van der Waals surface area (Å²) in [7, 11) is 0. The van der Waals surface area contributed by atoms with Crippen LogP contribution in [-0.2, 0) is 11.2 Å². The van der Waals surface area contributed by atoms with Crippen LogP contribution < -0.4 is 10.6 Å². The van der Waals surface area contributed by atoms with Gasteiger partial charge in [-0.3, -0.25) is 0 Å². The van der Waals surface area contributed by atoms with E-state index in [1.807, 2.05) is 31.2 Å². The Morgan fingerprint density at radius 1 is 1.24 bits per heavy atom. The highest BCUT2D eigenvalue weighted by molar-refractivity contribution is 5.83. The number of rotatable bonds is 5. The summed E-state index contributed by atoms with van der Waals surface area (Å²) in [6.07, 6.45) is 0.716. The largest absolute Gasteiger partial charge is 0.480 e. The predicted molar refractivity (Wildman–Crippen MR) is 82.3 cm³/mol. The lowest BCUT2D eigenvalue weighted by molar-refractivity contribution is -0.141. The summed E-state index contributed by atoms with van der Waals surface area (Å²) in [6, 6.07) is 6.60. The first-order chi connectivity index (χ1) is 9.71. The van der Waals surface area contributed by atoms with Gasteiger partial charge in [-0.2, -0.15) is 0 Å². The summed E-state index contributed by atoms with van der Waals surface area (Å²) in [4.78, 5) is 23.0. The van der Waals surface area contributed by atoms with Gasteiger partial charge in [0.25, 0.3) is 0 Å². The maximum atomic E-state index is 11.8. The Morgan fingerprint density at radius 3 is 2.38 bits per heavy atom. The zero-order chi connectivity index (χ0) is 16.0. The molecule has 0 aromatic heterocycles. The number of benzene rings is 1. The summed E-state index contributed by atoms with van der Waals surface area (Å²) in [5, 5.41) is 14.4. The van der Waals surface area contributed by atoms with E-state index in [1.165, 1.54) is 11.1 Å². The maximum absolute atomic E-state index is 11.8. The van der Waals surface area contributed by atoms with E-state index in [9.17, 15) is 9.59 Å². The lowest BCUT2D eigenvalue weighted by atomic mass is 9.87. The Morgan fingerprint density at radius 2 is 1.86 bits per heavy atom. The van der Waals surface area contributed by atoms with Crippen molar-refractivity contribution >= 4 is 12.0 Å². The molecule has 116 valence electrons. The minimum Gasteiger partial charge on any atom is -0.480 e. The van der Waals surface area contributed by atoms with E-state index in [1.54, 1.807) is 20.8 Å². The topological polar surface area (TPSA) is 78.4 Å². The van der Waals surface area contributed by atoms with Crippen LogP contribution in [0.25, 0.3) is 0 Å². The molecule has 0 aliphatic heterocycles.